The first-order valence-electron chi connectivity index (χ1n) is 8.58. The van der Waals surface area contributed by atoms with Gasteiger partial charge >= 0.3 is 0 Å². The van der Waals surface area contributed by atoms with Gasteiger partial charge in [-0.05, 0) is 26.0 Å². The van der Waals surface area contributed by atoms with Crippen LogP contribution in [-0.2, 0) is 9.59 Å². The fraction of sp³-hybridized carbons (Fsp3) is 0.556. The van der Waals surface area contributed by atoms with Crippen LogP contribution >= 0.6 is 0 Å². The Morgan fingerprint density at radius 2 is 1.87 bits per heavy atom. The Balaban J connectivity index is 1.63. The summed E-state index contributed by atoms with van der Waals surface area (Å²) in [5.41, 5.74) is 2.07. The highest BCUT2D eigenvalue weighted by molar-refractivity contribution is 6.00. The van der Waals surface area contributed by atoms with Crippen LogP contribution in [0.25, 0.3) is 0 Å². The average Bonchev–Trinajstić information content (AvgIpc) is 2.97. The number of hydrogen-bond acceptors (Lipinski definition) is 2. The first-order chi connectivity index (χ1) is 11.1. The summed E-state index contributed by atoms with van der Waals surface area (Å²) in [6, 6.07) is 7.93. The number of amides is 2. The van der Waals surface area contributed by atoms with Crippen molar-refractivity contribution in [3.8, 4) is 0 Å². The van der Waals surface area contributed by atoms with Crippen molar-refractivity contribution >= 4 is 17.5 Å². The molecule has 0 radical (unpaired) electrons. The molecule has 2 fully saturated rings. The van der Waals surface area contributed by atoms with E-state index >= 15 is 0 Å². The molecule has 5 heteroatoms. The zero-order chi connectivity index (χ0) is 16.4. The fourth-order valence-corrected chi connectivity index (χ4v) is 3.50. The molecule has 1 atom stereocenters. The fourth-order valence-electron chi connectivity index (χ4n) is 3.50. The summed E-state index contributed by atoms with van der Waals surface area (Å²) < 4.78 is 0. The first-order valence-corrected chi connectivity index (χ1v) is 8.58. The molecule has 0 spiro atoms. The van der Waals surface area contributed by atoms with Gasteiger partial charge in [0.2, 0.25) is 11.8 Å². The molecule has 1 aromatic rings. The van der Waals surface area contributed by atoms with E-state index in [1.54, 1.807) is 9.80 Å². The minimum Gasteiger partial charge on any atom is -0.332 e. The zero-order valence-electron chi connectivity index (χ0n) is 14.0. The Kier molecular flexibility index (Phi) is 4.66. The third-order valence-electron chi connectivity index (χ3n) is 5.10. The number of anilines is 1. The summed E-state index contributed by atoms with van der Waals surface area (Å²) in [6.07, 6.45) is 0.341. The van der Waals surface area contributed by atoms with E-state index in [1.807, 2.05) is 36.1 Å². The lowest BCUT2D eigenvalue weighted by Crippen LogP contribution is -3.14. The minimum absolute atomic E-state index is 0.0602. The van der Waals surface area contributed by atoms with Crippen LogP contribution in [-0.4, -0.2) is 56.0 Å². The second-order valence-electron chi connectivity index (χ2n) is 6.67. The number of nitrogens with zero attached hydrogens (tertiary/aromatic N) is 2. The van der Waals surface area contributed by atoms with E-state index in [2.05, 4.69) is 6.92 Å². The molecule has 1 N–H and O–H groups in total. The van der Waals surface area contributed by atoms with Crippen molar-refractivity contribution in [3.05, 3.63) is 29.8 Å². The van der Waals surface area contributed by atoms with Gasteiger partial charge in [-0.15, -0.1) is 0 Å². The highest BCUT2D eigenvalue weighted by Gasteiger charge is 2.38. The van der Waals surface area contributed by atoms with Crippen molar-refractivity contribution in [2.24, 2.45) is 5.92 Å². The van der Waals surface area contributed by atoms with Gasteiger partial charge < -0.3 is 14.7 Å². The molecule has 0 aromatic heterocycles. The van der Waals surface area contributed by atoms with Crippen molar-refractivity contribution in [2.45, 2.75) is 20.3 Å². The van der Waals surface area contributed by atoms with Crippen LogP contribution in [0.15, 0.2) is 24.3 Å². The van der Waals surface area contributed by atoms with Crippen LogP contribution in [0.4, 0.5) is 5.69 Å². The maximum absolute atomic E-state index is 12.7. The third-order valence-corrected chi connectivity index (χ3v) is 5.10. The molecule has 5 nitrogen and oxygen atoms in total. The Morgan fingerprint density at radius 1 is 1.22 bits per heavy atom. The number of likely N-dealkylation sites (N-methyl/N-ethyl adjacent to an activating group) is 1. The van der Waals surface area contributed by atoms with E-state index in [1.165, 1.54) is 5.56 Å². The molecule has 0 unspecified atom stereocenters. The lowest BCUT2D eigenvalue weighted by atomic mass is 10.1. The van der Waals surface area contributed by atoms with Crippen LogP contribution in [0, 0.1) is 12.8 Å². The average molecular weight is 316 g/mol. The van der Waals surface area contributed by atoms with Crippen molar-refractivity contribution in [3.63, 3.8) is 0 Å². The molecule has 0 aliphatic carbocycles. The number of hydrogen-bond donors (Lipinski definition) is 1. The number of aryl methyl sites for hydroxylation is 1. The lowest BCUT2D eigenvalue weighted by molar-refractivity contribution is -0.902. The molecule has 2 heterocycles. The van der Waals surface area contributed by atoms with Gasteiger partial charge in [-0.25, -0.2) is 0 Å². The molecule has 0 bridgehead atoms. The van der Waals surface area contributed by atoms with Gasteiger partial charge in [0.25, 0.3) is 0 Å². The molecule has 3 rings (SSSR count). The molecule has 23 heavy (non-hydrogen) atoms. The molecular formula is C18H26N3O2+. The second-order valence-corrected chi connectivity index (χ2v) is 6.67. The molecule has 2 amide bonds. The number of nitrogens with one attached hydrogen (secondary N) is 1. The third kappa shape index (κ3) is 3.39. The maximum atomic E-state index is 12.7. The summed E-state index contributed by atoms with van der Waals surface area (Å²) in [5, 5.41) is 0. The van der Waals surface area contributed by atoms with Gasteiger partial charge in [-0.2, -0.15) is 0 Å². The van der Waals surface area contributed by atoms with Crippen molar-refractivity contribution in [1.29, 1.82) is 0 Å². The smallest absolute Gasteiger partial charge is 0.228 e. The molecule has 0 saturated carbocycles. The van der Waals surface area contributed by atoms with E-state index in [9.17, 15) is 9.59 Å². The summed E-state index contributed by atoms with van der Waals surface area (Å²) >= 11 is 0. The van der Waals surface area contributed by atoms with E-state index in [-0.39, 0.29) is 17.7 Å². The van der Waals surface area contributed by atoms with E-state index in [0.717, 1.165) is 38.4 Å². The van der Waals surface area contributed by atoms with Crippen molar-refractivity contribution in [2.75, 3.05) is 44.2 Å². The Morgan fingerprint density at radius 3 is 2.48 bits per heavy atom. The summed E-state index contributed by atoms with van der Waals surface area (Å²) in [4.78, 5) is 30.3. The topological polar surface area (TPSA) is 45.1 Å². The number of piperazine rings is 1. The predicted octanol–water partition coefficient (Wildman–Crippen LogP) is 0.0949. The predicted molar refractivity (Wildman–Crippen MR) is 89.5 cm³/mol. The molecule has 124 valence electrons. The highest BCUT2D eigenvalue weighted by atomic mass is 16.2. The Hall–Kier alpha value is -1.88. The number of benzene rings is 1. The molecule has 1 aromatic carbocycles. The normalized spacial score (nSPS) is 22.7. The van der Waals surface area contributed by atoms with Crippen molar-refractivity contribution < 1.29 is 14.5 Å². The zero-order valence-corrected chi connectivity index (χ0v) is 14.0. The van der Waals surface area contributed by atoms with Crippen LogP contribution in [0.1, 0.15) is 18.9 Å². The van der Waals surface area contributed by atoms with Crippen molar-refractivity contribution in [1.82, 2.24) is 4.90 Å². The quantitative estimate of drug-likeness (QED) is 0.859. The lowest BCUT2D eigenvalue weighted by Gasteiger charge is -2.33. The van der Waals surface area contributed by atoms with Crippen LogP contribution in [0.5, 0.6) is 0 Å². The van der Waals surface area contributed by atoms with Crippen LogP contribution < -0.4 is 9.80 Å². The molecule has 2 aliphatic rings. The first kappa shape index (κ1) is 16.0. The maximum Gasteiger partial charge on any atom is 0.228 e. The largest absolute Gasteiger partial charge is 0.332 e. The summed E-state index contributed by atoms with van der Waals surface area (Å²) in [6.45, 7) is 9.51. The highest BCUT2D eigenvalue weighted by Crippen LogP contribution is 2.26. The van der Waals surface area contributed by atoms with Crippen LogP contribution in [0.3, 0.4) is 0 Å². The van der Waals surface area contributed by atoms with Gasteiger partial charge in [-0.3, -0.25) is 9.59 Å². The van der Waals surface area contributed by atoms with Gasteiger partial charge in [0, 0.05) is 18.7 Å². The van der Waals surface area contributed by atoms with Gasteiger partial charge in [0.15, 0.2) is 0 Å². The van der Waals surface area contributed by atoms with Gasteiger partial charge in [-0.1, -0.05) is 17.7 Å². The van der Waals surface area contributed by atoms with E-state index in [0.29, 0.717) is 13.0 Å². The van der Waals surface area contributed by atoms with E-state index < -0.39 is 0 Å². The Labute approximate surface area is 137 Å². The summed E-state index contributed by atoms with van der Waals surface area (Å²) in [5.74, 6) is 0.0279. The number of quaternary nitrogens is 1. The Bertz CT molecular complexity index is 576. The standard InChI is InChI=1S/C18H25N3O2/c1-3-19-8-10-20(11-9-19)18(23)15-12-17(22)21(13-15)16-6-4-14(2)5-7-16/h4-7,15H,3,8-13H2,1-2H3/p+1/t15-/m0/s1. The number of carbonyl (C=O) groups is 2. The number of carbonyl (C=O) groups excluding carboxylic acids is 2. The summed E-state index contributed by atoms with van der Waals surface area (Å²) in [7, 11) is 0. The SMILES string of the molecule is CC[NH+]1CCN(C(=O)[C@H]2CC(=O)N(c3ccc(C)cc3)C2)CC1. The molecule has 2 saturated heterocycles. The molecule has 2 aliphatic heterocycles. The van der Waals surface area contributed by atoms with E-state index in [4.69, 9.17) is 0 Å². The monoisotopic (exact) mass is 316 g/mol. The number of rotatable bonds is 3. The van der Waals surface area contributed by atoms with Gasteiger partial charge in [0.1, 0.15) is 0 Å². The van der Waals surface area contributed by atoms with Gasteiger partial charge in [0.05, 0.1) is 38.6 Å². The molecular weight excluding hydrogens is 290 g/mol. The second kappa shape index (κ2) is 6.71. The van der Waals surface area contributed by atoms with Crippen LogP contribution in [0.2, 0.25) is 0 Å². The minimum atomic E-state index is -0.188.